The van der Waals surface area contributed by atoms with Crippen LogP contribution in [-0.4, -0.2) is 58.3 Å². The number of hydrogen-bond acceptors (Lipinski definition) is 8. The smallest absolute Gasteiger partial charge is 0.328 e. The zero-order chi connectivity index (χ0) is 26.1. The second kappa shape index (κ2) is 13.2. The van der Waals surface area contributed by atoms with Crippen LogP contribution in [0.5, 0.6) is 11.5 Å². The number of carbonyl (C=O) groups is 2. The zero-order valence-electron chi connectivity index (χ0n) is 21.5. The van der Waals surface area contributed by atoms with Crippen molar-refractivity contribution < 1.29 is 28.6 Å². The van der Waals surface area contributed by atoms with Crippen molar-refractivity contribution in [3.05, 3.63) is 47.5 Å². The molecule has 1 aliphatic carbocycles. The summed E-state index contributed by atoms with van der Waals surface area (Å²) in [6.45, 7) is 0. The third-order valence-corrected chi connectivity index (χ3v) is 6.89. The van der Waals surface area contributed by atoms with Gasteiger partial charge in [-0.2, -0.15) is 11.8 Å². The molecule has 1 fully saturated rings. The van der Waals surface area contributed by atoms with E-state index in [0.29, 0.717) is 5.71 Å². The molecule has 0 spiro atoms. The van der Waals surface area contributed by atoms with Gasteiger partial charge in [-0.1, -0.05) is 35.8 Å². The lowest BCUT2D eigenvalue weighted by Gasteiger charge is -2.26. The van der Waals surface area contributed by atoms with Crippen LogP contribution in [0.4, 0.5) is 0 Å². The second-order valence-corrected chi connectivity index (χ2v) is 9.41. The summed E-state index contributed by atoms with van der Waals surface area (Å²) in [5.41, 5.74) is 4.07. The Bertz CT molecular complexity index is 1060. The molecule has 1 saturated carbocycles. The summed E-state index contributed by atoms with van der Waals surface area (Å²) in [6.07, 6.45) is 5.12. The van der Waals surface area contributed by atoms with Crippen LogP contribution in [-0.2, 0) is 31.3 Å². The molecule has 3 rings (SSSR count). The highest BCUT2D eigenvalue weighted by molar-refractivity contribution is 7.97. The lowest BCUT2D eigenvalue weighted by Crippen LogP contribution is -2.48. The fourth-order valence-corrected chi connectivity index (χ4v) is 4.69. The van der Waals surface area contributed by atoms with Crippen molar-refractivity contribution in [1.82, 2.24) is 5.32 Å². The molecule has 1 amide bonds. The monoisotopic (exact) mass is 514 g/mol. The van der Waals surface area contributed by atoms with Gasteiger partial charge in [0.05, 0.1) is 26.9 Å². The molecule has 2 aromatic rings. The molecule has 0 radical (unpaired) electrons. The number of carbonyl (C=O) groups excluding carboxylic acids is 2. The van der Waals surface area contributed by atoms with Crippen molar-refractivity contribution in [3.8, 4) is 22.6 Å². The maximum atomic E-state index is 12.9. The number of ether oxygens (including phenoxy) is 3. The van der Waals surface area contributed by atoms with E-state index in [1.54, 1.807) is 26.0 Å². The summed E-state index contributed by atoms with van der Waals surface area (Å²) < 4.78 is 16.3. The molecule has 8 nitrogen and oxygen atoms in total. The second-order valence-electron chi connectivity index (χ2n) is 8.55. The van der Waals surface area contributed by atoms with Crippen LogP contribution in [0.15, 0.2) is 41.6 Å². The number of nitrogens with zero attached hydrogens (tertiary/aromatic N) is 1. The highest BCUT2D eigenvalue weighted by Gasteiger charge is 2.32. The topological polar surface area (TPSA) is 95.5 Å². The average molecular weight is 515 g/mol. The van der Waals surface area contributed by atoms with Gasteiger partial charge in [0.2, 0.25) is 0 Å². The Kier molecular flexibility index (Phi) is 10.0. The summed E-state index contributed by atoms with van der Waals surface area (Å²) in [5.74, 6) is 1.43. The minimum Gasteiger partial charge on any atom is -0.496 e. The van der Waals surface area contributed by atoms with Crippen LogP contribution in [0.25, 0.3) is 11.1 Å². The molecule has 1 aliphatic rings. The van der Waals surface area contributed by atoms with E-state index in [-0.39, 0.29) is 12.3 Å². The number of esters is 1. The highest BCUT2D eigenvalue weighted by atomic mass is 32.2. The summed E-state index contributed by atoms with van der Waals surface area (Å²) in [6, 6.07) is 10.9. The van der Waals surface area contributed by atoms with Crippen molar-refractivity contribution in [3.63, 3.8) is 0 Å². The third-order valence-electron chi connectivity index (χ3n) is 6.26. The Morgan fingerprint density at radius 2 is 1.67 bits per heavy atom. The zero-order valence-corrected chi connectivity index (χ0v) is 22.3. The third kappa shape index (κ3) is 6.51. The molecule has 0 unspecified atom stereocenters. The molecule has 36 heavy (non-hydrogen) atoms. The van der Waals surface area contributed by atoms with Crippen LogP contribution in [0.2, 0.25) is 0 Å². The van der Waals surface area contributed by atoms with E-state index in [9.17, 15) is 9.59 Å². The molecule has 194 valence electrons. The summed E-state index contributed by atoms with van der Waals surface area (Å²) in [7, 11) is 6.00. The largest absolute Gasteiger partial charge is 0.496 e. The minimum atomic E-state index is -0.856. The molecule has 1 atom stereocenters. The number of rotatable bonds is 12. The van der Waals surface area contributed by atoms with E-state index < -0.39 is 17.9 Å². The number of benzene rings is 2. The molecule has 0 heterocycles. The van der Waals surface area contributed by atoms with Gasteiger partial charge in [-0.3, -0.25) is 4.79 Å². The molecule has 9 heteroatoms. The first-order chi connectivity index (χ1) is 17.4. The van der Waals surface area contributed by atoms with Crippen molar-refractivity contribution in [1.29, 1.82) is 0 Å². The van der Waals surface area contributed by atoms with Crippen LogP contribution in [0.3, 0.4) is 0 Å². The van der Waals surface area contributed by atoms with Gasteiger partial charge < -0.3 is 24.4 Å². The number of hydrogen-bond donors (Lipinski definition) is 1. The van der Waals surface area contributed by atoms with Crippen LogP contribution in [0.1, 0.15) is 30.4 Å². The Hall–Kier alpha value is -3.20. The first kappa shape index (κ1) is 27.4. The van der Waals surface area contributed by atoms with E-state index >= 15 is 0 Å². The maximum absolute atomic E-state index is 12.9. The molecule has 0 aliphatic heterocycles. The Morgan fingerprint density at radius 3 is 2.14 bits per heavy atom. The van der Waals surface area contributed by atoms with E-state index in [1.165, 1.54) is 14.2 Å². The summed E-state index contributed by atoms with van der Waals surface area (Å²) in [5, 5.41) is 6.70. The minimum absolute atomic E-state index is 0.0507. The SMILES string of the molecule is CON=C(C(=O)N[C@@H](Cc1ccc(-c2c(OC)cc(CSC)cc2OC)cc1)C(=O)OC)C1CCC1. The molecular weight excluding hydrogens is 480 g/mol. The van der Waals surface area contributed by atoms with E-state index in [0.717, 1.165) is 58.8 Å². The number of oxime groups is 1. The van der Waals surface area contributed by atoms with Gasteiger partial charge in [-0.15, -0.1) is 0 Å². The van der Waals surface area contributed by atoms with Crippen LogP contribution < -0.4 is 14.8 Å². The quantitative estimate of drug-likeness (QED) is 0.257. The summed E-state index contributed by atoms with van der Waals surface area (Å²) >= 11 is 1.73. The van der Waals surface area contributed by atoms with Crippen molar-refractivity contribution in [2.45, 2.75) is 37.5 Å². The van der Waals surface area contributed by atoms with Gasteiger partial charge in [0, 0.05) is 18.1 Å². The molecule has 0 bridgehead atoms. The molecule has 0 aromatic heterocycles. The molecule has 0 saturated heterocycles. The average Bonchev–Trinajstić information content (AvgIpc) is 2.86. The fourth-order valence-electron chi connectivity index (χ4n) is 4.19. The van der Waals surface area contributed by atoms with Crippen molar-refractivity contribution >= 4 is 29.4 Å². The number of amides is 1. The van der Waals surface area contributed by atoms with E-state index in [4.69, 9.17) is 19.0 Å². The first-order valence-corrected chi connectivity index (χ1v) is 13.2. The molecule has 1 N–H and O–H groups in total. The van der Waals surface area contributed by atoms with Gasteiger partial charge in [0.25, 0.3) is 5.91 Å². The Morgan fingerprint density at radius 1 is 1.03 bits per heavy atom. The number of thioether (sulfide) groups is 1. The van der Waals surface area contributed by atoms with Crippen LogP contribution >= 0.6 is 11.8 Å². The van der Waals surface area contributed by atoms with Crippen LogP contribution in [0, 0.1) is 5.92 Å². The lowest BCUT2D eigenvalue weighted by molar-refractivity contribution is -0.144. The Balaban J connectivity index is 1.82. The number of nitrogens with one attached hydrogen (secondary N) is 1. The standard InChI is InChI=1S/C27H34N2O6S/c1-32-22-14-18(16-36-5)15-23(33-2)24(22)19-11-9-17(10-12-19)13-21(27(31)34-3)28-26(30)25(29-35-4)20-7-6-8-20/h9-12,14-15,20-21H,6-8,13,16H2,1-5H3,(H,28,30)/t21-/m0/s1. The van der Waals surface area contributed by atoms with Gasteiger partial charge in [0.15, 0.2) is 0 Å². The summed E-state index contributed by atoms with van der Waals surface area (Å²) in [4.78, 5) is 30.2. The van der Waals surface area contributed by atoms with Gasteiger partial charge in [0.1, 0.15) is 30.4 Å². The highest BCUT2D eigenvalue weighted by Crippen LogP contribution is 2.40. The first-order valence-electron chi connectivity index (χ1n) is 11.8. The lowest BCUT2D eigenvalue weighted by atomic mass is 9.81. The Labute approximate surface area is 216 Å². The van der Waals surface area contributed by atoms with E-state index in [2.05, 4.69) is 10.5 Å². The fraction of sp³-hybridized carbons (Fsp3) is 0.444. The predicted octanol–water partition coefficient (Wildman–Crippen LogP) is 4.24. The van der Waals surface area contributed by atoms with Gasteiger partial charge >= 0.3 is 5.97 Å². The molecular formula is C27H34N2O6S. The molecule has 2 aromatic carbocycles. The predicted molar refractivity (Wildman–Crippen MR) is 142 cm³/mol. The van der Waals surface area contributed by atoms with Gasteiger partial charge in [-0.25, -0.2) is 4.79 Å². The van der Waals surface area contributed by atoms with Crippen molar-refractivity contribution in [2.75, 3.05) is 34.7 Å². The maximum Gasteiger partial charge on any atom is 0.328 e. The van der Waals surface area contributed by atoms with E-state index in [1.807, 2.05) is 42.7 Å². The normalized spacial score (nSPS) is 14.4. The van der Waals surface area contributed by atoms with Crippen molar-refractivity contribution in [2.24, 2.45) is 11.1 Å². The number of methoxy groups -OCH3 is 3. The van der Waals surface area contributed by atoms with Gasteiger partial charge in [-0.05, 0) is 47.9 Å².